The highest BCUT2D eigenvalue weighted by Crippen LogP contribution is 2.42. The molecule has 160 valence electrons. The molecular formula is C23H24N4O3S. The predicted molar refractivity (Wildman–Crippen MR) is 124 cm³/mol. The van der Waals surface area contributed by atoms with Crippen LogP contribution < -0.4 is 19.3 Å². The molecule has 1 N–H and O–H groups in total. The van der Waals surface area contributed by atoms with Crippen molar-refractivity contribution in [3.05, 3.63) is 60.3 Å². The number of pyridine rings is 1. The van der Waals surface area contributed by atoms with E-state index in [1.807, 2.05) is 55.3 Å². The number of ketones is 1. The van der Waals surface area contributed by atoms with Crippen molar-refractivity contribution in [2.24, 2.45) is 0 Å². The topological polar surface area (TPSA) is 74.8 Å². The van der Waals surface area contributed by atoms with Gasteiger partial charge >= 0.3 is 0 Å². The molecule has 4 rings (SSSR count). The lowest BCUT2D eigenvalue weighted by atomic mass is 10.1. The second-order valence-corrected chi connectivity index (χ2v) is 8.64. The van der Waals surface area contributed by atoms with Gasteiger partial charge in [0.2, 0.25) is 0 Å². The number of anilines is 5. The number of aromatic nitrogens is 1. The van der Waals surface area contributed by atoms with Gasteiger partial charge in [0, 0.05) is 25.7 Å². The summed E-state index contributed by atoms with van der Waals surface area (Å²) >= 11 is 0. The Bertz CT molecular complexity index is 1180. The van der Waals surface area contributed by atoms with Crippen molar-refractivity contribution in [3.63, 3.8) is 0 Å². The number of nitrogens with zero attached hydrogens (tertiary/aromatic N) is 3. The van der Waals surface area contributed by atoms with Crippen LogP contribution in [0.2, 0.25) is 0 Å². The van der Waals surface area contributed by atoms with Crippen LogP contribution in [-0.4, -0.2) is 35.7 Å². The molecule has 0 fully saturated rings. The molecule has 0 saturated heterocycles. The summed E-state index contributed by atoms with van der Waals surface area (Å²) in [6, 6.07) is 14.9. The number of hydrogen-bond donors (Lipinski definition) is 1. The fourth-order valence-corrected chi connectivity index (χ4v) is 4.72. The van der Waals surface area contributed by atoms with Gasteiger partial charge in [-0.15, -0.1) is 0 Å². The minimum atomic E-state index is -1.34. The number of rotatable bonds is 5. The van der Waals surface area contributed by atoms with Gasteiger partial charge < -0.3 is 15.0 Å². The first-order valence-corrected chi connectivity index (χ1v) is 11.0. The van der Waals surface area contributed by atoms with Crippen LogP contribution in [0, 0.1) is 0 Å². The molecule has 1 aliphatic rings. The van der Waals surface area contributed by atoms with Crippen LogP contribution in [0.5, 0.6) is 5.75 Å². The zero-order chi connectivity index (χ0) is 22.1. The van der Waals surface area contributed by atoms with Gasteiger partial charge in [-0.05, 0) is 44.2 Å². The van der Waals surface area contributed by atoms with E-state index >= 15 is 0 Å². The van der Waals surface area contributed by atoms with Crippen molar-refractivity contribution in [2.45, 2.75) is 18.7 Å². The van der Waals surface area contributed by atoms with E-state index in [1.165, 1.54) is 6.92 Å². The standard InChI is InChI=1S/C23H24N4O3S/c1-5-30-21-12-16(15(2)28)10-11-17(21)25-23-13-19-20(14-24-23)27(4)31(29)22-9-7-6-8-18(22)26(19)3/h6-14H,5H2,1-4H3,(H,24,25). The summed E-state index contributed by atoms with van der Waals surface area (Å²) in [5.74, 6) is 1.18. The molecule has 2 aromatic carbocycles. The molecule has 0 spiro atoms. The Balaban J connectivity index is 1.75. The minimum Gasteiger partial charge on any atom is -0.492 e. The van der Waals surface area contributed by atoms with Crippen molar-refractivity contribution >= 4 is 45.3 Å². The Hall–Kier alpha value is -3.39. The molecule has 7 nitrogen and oxygen atoms in total. The largest absolute Gasteiger partial charge is 0.492 e. The summed E-state index contributed by atoms with van der Waals surface area (Å²) in [7, 11) is 2.41. The minimum absolute atomic E-state index is 0.0213. The number of carbonyl (C=O) groups is 1. The van der Waals surface area contributed by atoms with Gasteiger partial charge in [0.15, 0.2) is 16.8 Å². The third kappa shape index (κ3) is 3.86. The normalized spacial score (nSPS) is 15.0. The first-order chi connectivity index (χ1) is 14.9. The maximum atomic E-state index is 13.0. The quantitative estimate of drug-likeness (QED) is 0.586. The molecule has 8 heteroatoms. The lowest BCUT2D eigenvalue weighted by molar-refractivity contribution is 0.101. The molecule has 0 saturated carbocycles. The molecule has 1 aliphatic heterocycles. The summed E-state index contributed by atoms with van der Waals surface area (Å²) in [6.07, 6.45) is 1.71. The van der Waals surface area contributed by atoms with Crippen LogP contribution in [0.15, 0.2) is 59.6 Å². The smallest absolute Gasteiger partial charge is 0.159 e. The average molecular weight is 437 g/mol. The van der Waals surface area contributed by atoms with Crippen molar-refractivity contribution < 1.29 is 13.7 Å². The van der Waals surface area contributed by atoms with E-state index in [4.69, 9.17) is 4.74 Å². The molecule has 31 heavy (non-hydrogen) atoms. The Labute approximate surface area is 184 Å². The Morgan fingerprint density at radius 3 is 2.61 bits per heavy atom. The van der Waals surface area contributed by atoms with Crippen molar-refractivity contribution in [2.75, 3.05) is 35.2 Å². The highest BCUT2D eigenvalue weighted by Gasteiger charge is 2.27. The number of para-hydroxylation sites is 1. The van der Waals surface area contributed by atoms with Crippen molar-refractivity contribution in [1.82, 2.24) is 4.98 Å². The van der Waals surface area contributed by atoms with Gasteiger partial charge in [0.05, 0.1) is 40.4 Å². The second-order valence-electron chi connectivity index (χ2n) is 7.16. The van der Waals surface area contributed by atoms with E-state index in [2.05, 4.69) is 10.3 Å². The van der Waals surface area contributed by atoms with Gasteiger partial charge in [-0.25, -0.2) is 9.19 Å². The van der Waals surface area contributed by atoms with Gasteiger partial charge in [-0.3, -0.25) is 9.10 Å². The Kier molecular flexibility index (Phi) is 5.65. The lowest BCUT2D eigenvalue weighted by Gasteiger charge is -2.22. The monoisotopic (exact) mass is 436 g/mol. The molecule has 1 unspecified atom stereocenters. The number of Topliss-reactive ketones (excluding diaryl/α,β-unsaturated/α-hetero) is 1. The first kappa shape index (κ1) is 20.9. The summed E-state index contributed by atoms with van der Waals surface area (Å²) < 4.78 is 20.5. The summed E-state index contributed by atoms with van der Waals surface area (Å²) in [5, 5.41) is 3.30. The fraction of sp³-hybridized carbons (Fsp3) is 0.217. The molecule has 1 atom stereocenters. The maximum Gasteiger partial charge on any atom is 0.159 e. The van der Waals surface area contributed by atoms with Crippen LogP contribution in [0.4, 0.5) is 28.6 Å². The van der Waals surface area contributed by atoms with E-state index in [-0.39, 0.29) is 5.78 Å². The molecule has 0 radical (unpaired) electrons. The van der Waals surface area contributed by atoms with E-state index in [9.17, 15) is 9.00 Å². The molecule has 3 aromatic rings. The summed E-state index contributed by atoms with van der Waals surface area (Å²) in [5.41, 5.74) is 3.82. The molecule has 1 aromatic heterocycles. The van der Waals surface area contributed by atoms with Crippen LogP contribution in [0.25, 0.3) is 0 Å². The van der Waals surface area contributed by atoms with Crippen LogP contribution in [0.3, 0.4) is 0 Å². The number of benzene rings is 2. The van der Waals surface area contributed by atoms with Crippen molar-refractivity contribution in [1.29, 1.82) is 0 Å². The lowest BCUT2D eigenvalue weighted by Crippen LogP contribution is -2.19. The molecule has 2 heterocycles. The highest BCUT2D eigenvalue weighted by molar-refractivity contribution is 7.86. The molecule has 0 aliphatic carbocycles. The Morgan fingerprint density at radius 1 is 1.10 bits per heavy atom. The van der Waals surface area contributed by atoms with Gasteiger partial charge in [-0.2, -0.15) is 0 Å². The number of fused-ring (bicyclic) bond motifs is 2. The second kappa shape index (κ2) is 8.39. The SMILES string of the molecule is CCOc1cc(C(C)=O)ccc1Nc1cc2c(cn1)N(C)S(=O)c1ccccc1N2C. The third-order valence-corrected chi connectivity index (χ3v) is 6.59. The first-order valence-electron chi connectivity index (χ1n) is 9.94. The molecule has 0 amide bonds. The summed E-state index contributed by atoms with van der Waals surface area (Å²) in [6.45, 7) is 3.90. The maximum absolute atomic E-state index is 13.0. The van der Waals surface area contributed by atoms with Gasteiger partial charge in [0.1, 0.15) is 11.6 Å². The average Bonchev–Trinajstić information content (AvgIpc) is 2.85. The number of nitrogens with one attached hydrogen (secondary N) is 1. The van der Waals surface area contributed by atoms with Gasteiger partial charge in [-0.1, -0.05) is 12.1 Å². The van der Waals surface area contributed by atoms with E-state index in [0.717, 1.165) is 22.0 Å². The number of hydrogen-bond acceptors (Lipinski definition) is 6. The molecule has 0 bridgehead atoms. The van der Waals surface area contributed by atoms with Crippen LogP contribution in [-0.2, 0) is 11.0 Å². The zero-order valence-electron chi connectivity index (χ0n) is 17.9. The predicted octanol–water partition coefficient (Wildman–Crippen LogP) is 4.67. The number of carbonyl (C=O) groups excluding carboxylic acids is 1. The number of ether oxygens (including phenoxy) is 1. The van der Waals surface area contributed by atoms with Crippen LogP contribution in [0.1, 0.15) is 24.2 Å². The van der Waals surface area contributed by atoms with E-state index in [1.54, 1.807) is 29.7 Å². The van der Waals surface area contributed by atoms with Gasteiger partial charge in [0.25, 0.3) is 0 Å². The third-order valence-electron chi connectivity index (χ3n) is 5.18. The van der Waals surface area contributed by atoms with E-state index < -0.39 is 11.0 Å². The summed E-state index contributed by atoms with van der Waals surface area (Å²) in [4.78, 5) is 19.0. The fourth-order valence-electron chi connectivity index (χ4n) is 3.52. The van der Waals surface area contributed by atoms with E-state index in [0.29, 0.717) is 29.4 Å². The molecular weight excluding hydrogens is 412 g/mol. The Morgan fingerprint density at radius 2 is 1.87 bits per heavy atom. The zero-order valence-corrected chi connectivity index (χ0v) is 18.7. The van der Waals surface area contributed by atoms with Crippen molar-refractivity contribution in [3.8, 4) is 5.75 Å². The highest BCUT2D eigenvalue weighted by atomic mass is 32.2. The van der Waals surface area contributed by atoms with Crippen LogP contribution >= 0.6 is 0 Å².